The van der Waals surface area contributed by atoms with Crippen molar-refractivity contribution in [1.29, 1.82) is 0 Å². The summed E-state index contributed by atoms with van der Waals surface area (Å²) in [6, 6.07) is -6.85. The van der Waals surface area contributed by atoms with Crippen LogP contribution in [0.5, 0.6) is 0 Å². The van der Waals surface area contributed by atoms with Crippen LogP contribution in [0, 0.1) is 0 Å². The summed E-state index contributed by atoms with van der Waals surface area (Å²) < 4.78 is 204. The van der Waals surface area contributed by atoms with Crippen LogP contribution >= 0.6 is 0 Å². The van der Waals surface area contributed by atoms with Gasteiger partial charge in [-0.05, 0) is 0 Å². The number of ether oxygens (including phenoxy) is 3. The van der Waals surface area contributed by atoms with Crippen molar-refractivity contribution in [1.82, 2.24) is 0 Å². The van der Waals surface area contributed by atoms with Gasteiger partial charge >= 0.3 is 42.4 Å². The molecule has 180 valence electrons. The van der Waals surface area contributed by atoms with Crippen LogP contribution < -0.4 is 0 Å². The molecular formula is C11H9F15O3Si. The Labute approximate surface area is 158 Å². The first-order chi connectivity index (χ1) is 12.9. The van der Waals surface area contributed by atoms with E-state index in [9.17, 15) is 65.9 Å². The molecule has 0 aromatic rings. The predicted octanol–water partition coefficient (Wildman–Crippen LogP) is 4.51. The van der Waals surface area contributed by atoms with E-state index in [2.05, 4.69) is 14.2 Å². The molecule has 0 aliphatic carbocycles. The fourth-order valence-corrected chi connectivity index (χ4v) is 2.82. The second kappa shape index (κ2) is 7.29. The molecule has 0 aromatic heterocycles. The van der Waals surface area contributed by atoms with Gasteiger partial charge in [0.2, 0.25) is 0 Å². The first-order valence-electron chi connectivity index (χ1n) is 7.33. The van der Waals surface area contributed by atoms with Gasteiger partial charge in [-0.1, -0.05) is 6.04 Å². The highest BCUT2D eigenvalue weighted by Gasteiger charge is 2.88. The lowest BCUT2D eigenvalue weighted by molar-refractivity contribution is -0.505. The Morgan fingerprint density at radius 2 is 1.17 bits per heavy atom. The summed E-state index contributed by atoms with van der Waals surface area (Å²) in [5.74, 6) is -18.0. The summed E-state index contributed by atoms with van der Waals surface area (Å²) in [7, 11) is -0.319. The van der Waals surface area contributed by atoms with Gasteiger partial charge in [0.05, 0.1) is 0 Å². The van der Waals surface area contributed by atoms with Crippen LogP contribution in [0.15, 0.2) is 0 Å². The van der Waals surface area contributed by atoms with Crippen LogP contribution in [0.4, 0.5) is 65.9 Å². The Hall–Kier alpha value is -0.953. The molecule has 19 heteroatoms. The highest BCUT2D eigenvalue weighted by atomic mass is 28.1. The Kier molecular flexibility index (Phi) is 6.58. The van der Waals surface area contributed by atoms with E-state index < -0.39 is 67.1 Å². The monoisotopic (exact) mass is 502 g/mol. The molecule has 0 radical (unpaired) electrons. The summed E-state index contributed by atoms with van der Waals surface area (Å²) >= 11 is 0. The average Bonchev–Trinajstić information content (AvgIpc) is 2.64. The first kappa shape index (κ1) is 27.1. The number of halogens is 15. The molecule has 0 amide bonds. The van der Waals surface area contributed by atoms with E-state index in [1.54, 1.807) is 0 Å². The molecule has 1 fully saturated rings. The smallest absolute Gasteiger partial charge is 0.291 e. The fourth-order valence-electron chi connectivity index (χ4n) is 2.18. The van der Waals surface area contributed by atoms with Gasteiger partial charge in [-0.15, -0.1) is 0 Å². The molecular weight excluding hydrogens is 493 g/mol. The molecule has 1 saturated heterocycles. The van der Waals surface area contributed by atoms with Gasteiger partial charge in [-0.2, -0.15) is 61.5 Å². The first-order valence-corrected chi connectivity index (χ1v) is 8.74. The van der Waals surface area contributed by atoms with Gasteiger partial charge in [0.25, 0.3) is 5.85 Å². The third-order valence-electron chi connectivity index (χ3n) is 3.45. The average molecular weight is 502 g/mol. The highest BCUT2D eigenvalue weighted by Crippen LogP contribution is 2.62. The minimum atomic E-state index is -6.92. The van der Waals surface area contributed by atoms with E-state index in [1.165, 1.54) is 0 Å². The highest BCUT2D eigenvalue weighted by molar-refractivity contribution is 6.08. The minimum Gasteiger partial charge on any atom is -0.291 e. The maximum atomic E-state index is 14.5. The molecule has 0 aromatic carbocycles. The maximum absolute atomic E-state index is 14.5. The van der Waals surface area contributed by atoms with Gasteiger partial charge in [0, 0.05) is 16.7 Å². The molecule has 1 aliphatic rings. The van der Waals surface area contributed by atoms with Crippen molar-refractivity contribution >= 4 is 10.2 Å². The summed E-state index contributed by atoms with van der Waals surface area (Å²) in [5, 5.41) is 0. The minimum absolute atomic E-state index is 0.319. The maximum Gasteiger partial charge on any atom is 0.453 e. The van der Waals surface area contributed by atoms with Crippen LogP contribution in [0.2, 0.25) is 6.04 Å². The summed E-state index contributed by atoms with van der Waals surface area (Å²) in [6.07, 6.45) is -32.4. The Balaban J connectivity index is 3.54. The van der Waals surface area contributed by atoms with Crippen LogP contribution in [0.3, 0.4) is 0 Å². The van der Waals surface area contributed by atoms with Crippen LogP contribution in [0.1, 0.15) is 12.8 Å². The largest absolute Gasteiger partial charge is 0.453 e. The van der Waals surface area contributed by atoms with E-state index in [4.69, 9.17) is 0 Å². The zero-order chi connectivity index (χ0) is 24.2. The van der Waals surface area contributed by atoms with E-state index in [0.717, 1.165) is 0 Å². The molecule has 0 saturated carbocycles. The molecule has 1 aliphatic heterocycles. The van der Waals surface area contributed by atoms with Crippen molar-refractivity contribution < 1.29 is 80.1 Å². The zero-order valence-electron chi connectivity index (χ0n) is 14.0. The molecule has 3 nitrogen and oxygen atoms in total. The number of hydrogen-bond acceptors (Lipinski definition) is 3. The Morgan fingerprint density at radius 3 is 1.50 bits per heavy atom. The molecule has 2 unspecified atom stereocenters. The molecule has 2 atom stereocenters. The summed E-state index contributed by atoms with van der Waals surface area (Å²) in [6.45, 7) is 0. The van der Waals surface area contributed by atoms with Crippen LogP contribution in [-0.2, 0) is 14.2 Å². The molecule has 0 bridgehead atoms. The lowest BCUT2D eigenvalue weighted by Crippen LogP contribution is -2.59. The fraction of sp³-hybridized carbons (Fsp3) is 1.00. The van der Waals surface area contributed by atoms with Crippen molar-refractivity contribution in [3.05, 3.63) is 0 Å². The molecule has 30 heavy (non-hydrogen) atoms. The molecule has 0 N–H and O–H groups in total. The zero-order valence-corrected chi connectivity index (χ0v) is 16.0. The second-order valence-electron chi connectivity index (χ2n) is 5.95. The van der Waals surface area contributed by atoms with Crippen LogP contribution in [0.25, 0.3) is 0 Å². The van der Waals surface area contributed by atoms with Crippen molar-refractivity contribution in [2.24, 2.45) is 0 Å². The lowest BCUT2D eigenvalue weighted by atomic mass is 10.2. The van der Waals surface area contributed by atoms with Gasteiger partial charge < -0.3 is 0 Å². The van der Waals surface area contributed by atoms with Crippen molar-refractivity contribution in [3.8, 4) is 0 Å². The summed E-state index contributed by atoms with van der Waals surface area (Å²) in [5.41, 5.74) is 0. The number of hydrogen-bond donors (Lipinski definition) is 0. The third kappa shape index (κ3) is 4.62. The third-order valence-corrected chi connectivity index (χ3v) is 3.95. The quantitative estimate of drug-likeness (QED) is 0.395. The topological polar surface area (TPSA) is 27.7 Å². The van der Waals surface area contributed by atoms with Crippen molar-refractivity contribution in [3.63, 3.8) is 0 Å². The SMILES string of the molecule is FC(F)(F)CC(F)(F)C(F)(F)OC1(F)OC(C(F)(F)F)(C(F)(F)F)OC1(F)CC[SiH3]. The van der Waals surface area contributed by atoms with Crippen LogP contribution in [-0.4, -0.2) is 58.5 Å². The standard InChI is InChI=1S/C11H9F15O3Si/c12-4(13,3-6(15,16)17)10(24,25)29-11(26)5(14,1-2-30)27-7(28-11,8(18,19)20)9(21,22)23/h1-3H2,30H3. The second-order valence-corrected chi connectivity index (χ2v) is 6.95. The van der Waals surface area contributed by atoms with E-state index in [0.29, 0.717) is 0 Å². The van der Waals surface area contributed by atoms with Gasteiger partial charge in [0.1, 0.15) is 6.42 Å². The van der Waals surface area contributed by atoms with E-state index >= 15 is 0 Å². The predicted molar refractivity (Wildman–Crippen MR) is 65.7 cm³/mol. The normalized spacial score (nSPS) is 28.9. The van der Waals surface area contributed by atoms with Crippen molar-refractivity contribution in [2.45, 2.75) is 67.1 Å². The lowest BCUT2D eigenvalue weighted by Gasteiger charge is -2.35. The molecule has 1 rings (SSSR count). The Bertz CT molecular complexity index is 615. The number of rotatable bonds is 6. The van der Waals surface area contributed by atoms with Crippen molar-refractivity contribution in [2.75, 3.05) is 0 Å². The molecule has 0 spiro atoms. The van der Waals surface area contributed by atoms with E-state index in [-0.39, 0.29) is 10.2 Å². The molecule has 1 heterocycles. The van der Waals surface area contributed by atoms with E-state index in [1.807, 2.05) is 0 Å². The number of alkyl halides is 15. The van der Waals surface area contributed by atoms with Gasteiger partial charge in [-0.25, -0.2) is 9.13 Å². The van der Waals surface area contributed by atoms with Gasteiger partial charge in [-0.3, -0.25) is 9.47 Å². The Morgan fingerprint density at radius 1 is 0.733 bits per heavy atom. The summed E-state index contributed by atoms with van der Waals surface area (Å²) in [4.78, 5) is 0. The van der Waals surface area contributed by atoms with Gasteiger partial charge in [0.15, 0.2) is 0 Å².